The molecular weight excluding hydrogens is 244 g/mol. The topological polar surface area (TPSA) is 42.2 Å². The summed E-state index contributed by atoms with van der Waals surface area (Å²) in [6.45, 7) is 2.75. The third kappa shape index (κ3) is 3.24. The maximum Gasteiger partial charge on any atom is 0.193 e. The van der Waals surface area contributed by atoms with Gasteiger partial charge in [0.25, 0.3) is 0 Å². The fourth-order valence-corrected chi connectivity index (χ4v) is 1.71. The average Bonchev–Trinajstić information content (AvgIpc) is 2.41. The van der Waals surface area contributed by atoms with Crippen LogP contribution >= 0.6 is 12.2 Å². The number of hydrogen-bond donors (Lipinski definition) is 1. The molecule has 92 valence electrons. The van der Waals surface area contributed by atoms with Gasteiger partial charge in [0.15, 0.2) is 5.11 Å². The number of thiocarbonyl (C=S) groups is 1. The van der Waals surface area contributed by atoms with E-state index in [2.05, 4.69) is 15.4 Å². The quantitative estimate of drug-likeness (QED) is 0.833. The van der Waals surface area contributed by atoms with Gasteiger partial charge in [-0.3, -0.25) is 0 Å². The fourth-order valence-electron chi connectivity index (χ4n) is 1.46. The first kappa shape index (κ1) is 12.4. The Morgan fingerprint density at radius 1 is 1.33 bits per heavy atom. The van der Waals surface area contributed by atoms with Gasteiger partial charge in [-0.2, -0.15) is 5.10 Å². The van der Waals surface area contributed by atoms with E-state index in [0.29, 0.717) is 5.11 Å². The van der Waals surface area contributed by atoms with Crippen molar-refractivity contribution in [1.82, 2.24) is 15.1 Å². The molecule has 0 bridgehead atoms. The first-order valence-corrected chi connectivity index (χ1v) is 6.13. The van der Waals surface area contributed by atoms with Crippen LogP contribution in [0, 0.1) is 0 Å². The molecule has 18 heavy (non-hydrogen) atoms. The lowest BCUT2D eigenvalue weighted by Gasteiger charge is -2.03. The summed E-state index contributed by atoms with van der Waals surface area (Å²) < 4.78 is 1.79. The zero-order valence-corrected chi connectivity index (χ0v) is 10.9. The SMILES string of the molecule is CCNC(=S)/N=c1\ccn(-c2ccccc2)nc1. The standard InChI is InChI=1S/C13H14N4S/c1-2-14-13(18)16-11-8-9-17(15-10-11)12-6-4-3-5-7-12/h3-10H,2H2,1H3,(H,14,18)/b16-11+. The highest BCUT2D eigenvalue weighted by Gasteiger charge is 1.93. The minimum Gasteiger partial charge on any atom is -0.361 e. The Labute approximate surface area is 111 Å². The molecule has 0 spiro atoms. The van der Waals surface area contributed by atoms with Crippen LogP contribution in [0.1, 0.15) is 6.92 Å². The summed E-state index contributed by atoms with van der Waals surface area (Å²) in [6, 6.07) is 11.8. The summed E-state index contributed by atoms with van der Waals surface area (Å²) in [5.74, 6) is 0. The number of hydrogen-bond acceptors (Lipinski definition) is 2. The molecule has 4 nitrogen and oxygen atoms in total. The van der Waals surface area contributed by atoms with Crippen molar-refractivity contribution in [2.45, 2.75) is 6.92 Å². The van der Waals surface area contributed by atoms with Crippen LogP contribution in [0.4, 0.5) is 0 Å². The van der Waals surface area contributed by atoms with Gasteiger partial charge < -0.3 is 5.32 Å². The van der Waals surface area contributed by atoms with E-state index in [0.717, 1.165) is 17.6 Å². The van der Waals surface area contributed by atoms with Gasteiger partial charge in [-0.25, -0.2) is 9.67 Å². The van der Waals surface area contributed by atoms with Crippen LogP contribution in [-0.2, 0) is 0 Å². The minimum atomic E-state index is 0.483. The molecule has 0 atom stereocenters. The lowest BCUT2D eigenvalue weighted by Crippen LogP contribution is -2.21. The van der Waals surface area contributed by atoms with E-state index in [4.69, 9.17) is 12.2 Å². The summed E-state index contributed by atoms with van der Waals surface area (Å²) in [7, 11) is 0. The third-order valence-electron chi connectivity index (χ3n) is 2.28. The van der Waals surface area contributed by atoms with Gasteiger partial charge in [-0.05, 0) is 37.3 Å². The zero-order chi connectivity index (χ0) is 12.8. The van der Waals surface area contributed by atoms with Crippen LogP contribution in [0.5, 0.6) is 0 Å². The van der Waals surface area contributed by atoms with E-state index in [1.54, 1.807) is 10.9 Å². The maximum absolute atomic E-state index is 5.05. The second-order valence-corrected chi connectivity index (χ2v) is 4.00. The van der Waals surface area contributed by atoms with E-state index in [-0.39, 0.29) is 0 Å². The first-order valence-electron chi connectivity index (χ1n) is 5.72. The van der Waals surface area contributed by atoms with Gasteiger partial charge in [-0.1, -0.05) is 18.2 Å². The molecule has 0 fully saturated rings. The van der Waals surface area contributed by atoms with Crippen LogP contribution in [0.2, 0.25) is 0 Å². The smallest absolute Gasteiger partial charge is 0.193 e. The number of benzene rings is 1. The Kier molecular flexibility index (Phi) is 4.20. The Balaban J connectivity index is 2.23. The monoisotopic (exact) mass is 258 g/mol. The zero-order valence-electron chi connectivity index (χ0n) is 10.1. The second-order valence-electron chi connectivity index (χ2n) is 3.61. The predicted molar refractivity (Wildman–Crippen MR) is 75.4 cm³/mol. The molecule has 0 aliphatic heterocycles. The van der Waals surface area contributed by atoms with Crippen molar-refractivity contribution >= 4 is 17.3 Å². The molecule has 0 saturated heterocycles. The second kappa shape index (κ2) is 6.07. The Hall–Kier alpha value is -2.01. The van der Waals surface area contributed by atoms with Crippen LogP contribution in [0.3, 0.4) is 0 Å². The highest BCUT2D eigenvalue weighted by Crippen LogP contribution is 2.02. The molecule has 2 aromatic rings. The van der Waals surface area contributed by atoms with Crippen molar-refractivity contribution in [2.75, 3.05) is 6.54 Å². The van der Waals surface area contributed by atoms with Crippen LogP contribution < -0.4 is 10.7 Å². The average molecular weight is 258 g/mol. The molecule has 1 heterocycles. The molecule has 5 heteroatoms. The molecule has 0 unspecified atom stereocenters. The highest BCUT2D eigenvalue weighted by molar-refractivity contribution is 7.80. The summed E-state index contributed by atoms with van der Waals surface area (Å²) in [4.78, 5) is 4.23. The number of nitrogens with zero attached hydrogens (tertiary/aromatic N) is 3. The van der Waals surface area contributed by atoms with Crippen LogP contribution in [0.15, 0.2) is 53.8 Å². The molecule has 1 aromatic heterocycles. The normalized spacial score (nSPS) is 11.3. The summed E-state index contributed by atoms with van der Waals surface area (Å²) in [5.41, 5.74) is 1.01. The van der Waals surface area contributed by atoms with E-state index < -0.39 is 0 Å². The van der Waals surface area contributed by atoms with Gasteiger partial charge in [0.05, 0.1) is 17.2 Å². The number of rotatable bonds is 2. The highest BCUT2D eigenvalue weighted by atomic mass is 32.1. The number of aromatic nitrogens is 2. The summed E-state index contributed by atoms with van der Waals surface area (Å²) >= 11 is 5.05. The van der Waals surface area contributed by atoms with E-state index in [1.807, 2.05) is 49.5 Å². The Bertz CT molecular complexity index is 569. The molecular formula is C13H14N4S. The molecule has 2 rings (SSSR count). The molecule has 0 radical (unpaired) electrons. The van der Waals surface area contributed by atoms with Gasteiger partial charge >= 0.3 is 0 Å². The number of nitrogens with one attached hydrogen (secondary N) is 1. The molecule has 0 aliphatic carbocycles. The molecule has 0 saturated carbocycles. The summed E-state index contributed by atoms with van der Waals surface area (Å²) in [6.07, 6.45) is 3.55. The van der Waals surface area contributed by atoms with Crippen molar-refractivity contribution in [3.8, 4) is 5.69 Å². The molecule has 1 N–H and O–H groups in total. The van der Waals surface area contributed by atoms with Crippen LogP contribution in [0.25, 0.3) is 5.69 Å². The van der Waals surface area contributed by atoms with Gasteiger partial charge in [0.1, 0.15) is 0 Å². The molecule has 1 aromatic carbocycles. The van der Waals surface area contributed by atoms with Crippen molar-refractivity contribution in [2.24, 2.45) is 4.99 Å². The van der Waals surface area contributed by atoms with Crippen molar-refractivity contribution in [3.63, 3.8) is 0 Å². The predicted octanol–water partition coefficient (Wildman–Crippen LogP) is 1.67. The van der Waals surface area contributed by atoms with E-state index >= 15 is 0 Å². The minimum absolute atomic E-state index is 0.483. The van der Waals surface area contributed by atoms with Gasteiger partial charge in [0, 0.05) is 12.7 Å². The van der Waals surface area contributed by atoms with Crippen molar-refractivity contribution in [1.29, 1.82) is 0 Å². The largest absolute Gasteiger partial charge is 0.361 e. The van der Waals surface area contributed by atoms with Crippen molar-refractivity contribution < 1.29 is 0 Å². The van der Waals surface area contributed by atoms with E-state index in [1.165, 1.54) is 0 Å². The van der Waals surface area contributed by atoms with E-state index in [9.17, 15) is 0 Å². The van der Waals surface area contributed by atoms with Crippen LogP contribution in [-0.4, -0.2) is 21.4 Å². The third-order valence-corrected chi connectivity index (χ3v) is 2.52. The lowest BCUT2D eigenvalue weighted by molar-refractivity contribution is 0.832. The Morgan fingerprint density at radius 3 is 2.72 bits per heavy atom. The Morgan fingerprint density at radius 2 is 2.11 bits per heavy atom. The van der Waals surface area contributed by atoms with Crippen molar-refractivity contribution in [3.05, 3.63) is 54.1 Å². The lowest BCUT2D eigenvalue weighted by atomic mass is 10.3. The fraction of sp³-hybridized carbons (Fsp3) is 0.154. The summed E-state index contributed by atoms with van der Waals surface area (Å²) in [5, 5.41) is 8.49. The van der Waals surface area contributed by atoms with Gasteiger partial charge in [0.2, 0.25) is 0 Å². The molecule has 0 amide bonds. The number of para-hydroxylation sites is 1. The first-order chi connectivity index (χ1) is 8.79. The van der Waals surface area contributed by atoms with Gasteiger partial charge in [-0.15, -0.1) is 0 Å². The molecule has 0 aliphatic rings. The maximum atomic E-state index is 5.05.